The number of carboxylic acids is 2. The van der Waals surface area contributed by atoms with Gasteiger partial charge in [-0.25, -0.2) is 9.78 Å². The molecule has 2 heterocycles. The number of hydrogen-bond acceptors (Lipinski definition) is 8. The second-order valence-electron chi connectivity index (χ2n) is 10.4. The summed E-state index contributed by atoms with van der Waals surface area (Å²) in [6.07, 6.45) is 3.55. The number of hydrogen-bond donors (Lipinski definition) is 9. The van der Waals surface area contributed by atoms with Crippen molar-refractivity contribution in [1.82, 2.24) is 30.9 Å². The summed E-state index contributed by atoms with van der Waals surface area (Å²) in [7, 11) is 0. The van der Waals surface area contributed by atoms with Crippen molar-refractivity contribution >= 4 is 40.6 Å². The lowest BCUT2D eigenvalue weighted by molar-refractivity contribution is -0.142. The fourth-order valence-corrected chi connectivity index (χ4v) is 4.73. The number of phenolic OH excluding ortho intramolecular Hbond substituents is 1. The van der Waals surface area contributed by atoms with E-state index in [2.05, 4.69) is 30.9 Å². The molecule has 4 atom stereocenters. The third-order valence-corrected chi connectivity index (χ3v) is 7.07. The van der Waals surface area contributed by atoms with Crippen LogP contribution in [-0.2, 0) is 43.2 Å². The summed E-state index contributed by atoms with van der Waals surface area (Å²) in [6.45, 7) is 0. The van der Waals surface area contributed by atoms with Crippen LogP contribution in [0, 0.1) is 0 Å². The van der Waals surface area contributed by atoms with E-state index in [1.807, 2.05) is 24.3 Å². The number of phenols is 1. The van der Waals surface area contributed by atoms with E-state index < -0.39 is 60.2 Å². The molecule has 0 aliphatic rings. The molecule has 0 spiro atoms. The van der Waals surface area contributed by atoms with Crippen molar-refractivity contribution in [2.45, 2.75) is 49.9 Å². The molecule has 3 amide bonds. The average molecular weight is 620 g/mol. The SMILES string of the molecule is NC(CC(=O)O)C(=O)NC(Cc1ccc(O)cc1)C(=O)NC(Cc1cnc[nH]1)C(=O)NC(Cc1c[nH]c2ccccc12)C(=O)O. The molecule has 0 saturated carbocycles. The lowest BCUT2D eigenvalue weighted by atomic mass is 10.0. The molecule has 0 aliphatic carbocycles. The van der Waals surface area contributed by atoms with Crippen LogP contribution in [0.4, 0.5) is 0 Å². The van der Waals surface area contributed by atoms with E-state index in [-0.39, 0.29) is 25.0 Å². The van der Waals surface area contributed by atoms with Crippen LogP contribution in [0.2, 0.25) is 0 Å². The van der Waals surface area contributed by atoms with Crippen LogP contribution in [0.15, 0.2) is 67.3 Å². The topological polar surface area (TPSA) is 253 Å². The quantitative estimate of drug-likeness (QED) is 0.0858. The zero-order valence-corrected chi connectivity index (χ0v) is 23.9. The van der Waals surface area contributed by atoms with Gasteiger partial charge in [-0.2, -0.15) is 0 Å². The molecule has 10 N–H and O–H groups in total. The molecule has 2 aromatic carbocycles. The Hall–Kier alpha value is -5.70. The number of carboxylic acid groups (broad SMARTS) is 2. The van der Waals surface area contributed by atoms with Gasteiger partial charge >= 0.3 is 11.9 Å². The van der Waals surface area contributed by atoms with E-state index in [0.29, 0.717) is 16.8 Å². The summed E-state index contributed by atoms with van der Waals surface area (Å²) in [5.41, 5.74) is 8.16. The molecule has 0 aliphatic heterocycles. The van der Waals surface area contributed by atoms with Crippen LogP contribution in [0.1, 0.15) is 23.2 Å². The van der Waals surface area contributed by atoms with Crippen LogP contribution in [0.5, 0.6) is 5.75 Å². The number of H-pyrrole nitrogens is 2. The average Bonchev–Trinajstić information content (AvgIpc) is 3.66. The molecule has 0 radical (unpaired) electrons. The Morgan fingerprint density at radius 1 is 0.800 bits per heavy atom. The van der Waals surface area contributed by atoms with Gasteiger partial charge in [0, 0.05) is 48.3 Å². The number of nitrogens with zero attached hydrogens (tertiary/aromatic N) is 1. The van der Waals surface area contributed by atoms with Crippen LogP contribution >= 0.6 is 0 Å². The van der Waals surface area contributed by atoms with Gasteiger partial charge in [0.05, 0.1) is 18.8 Å². The third-order valence-electron chi connectivity index (χ3n) is 7.07. The Balaban J connectivity index is 1.55. The molecular weight excluding hydrogens is 586 g/mol. The van der Waals surface area contributed by atoms with Gasteiger partial charge in [0.1, 0.15) is 23.9 Å². The lowest BCUT2D eigenvalue weighted by Gasteiger charge is -2.25. The van der Waals surface area contributed by atoms with Crippen LogP contribution in [-0.4, -0.2) is 84.1 Å². The number of fused-ring (bicyclic) bond motifs is 1. The summed E-state index contributed by atoms with van der Waals surface area (Å²) in [4.78, 5) is 73.0. The maximum Gasteiger partial charge on any atom is 0.326 e. The molecule has 15 nitrogen and oxygen atoms in total. The summed E-state index contributed by atoms with van der Waals surface area (Å²) in [5, 5.41) is 36.9. The highest BCUT2D eigenvalue weighted by Crippen LogP contribution is 2.19. The lowest BCUT2D eigenvalue weighted by Crippen LogP contribution is -2.58. The van der Waals surface area contributed by atoms with E-state index in [1.54, 1.807) is 6.20 Å². The third kappa shape index (κ3) is 8.90. The molecule has 236 valence electrons. The summed E-state index contributed by atoms with van der Waals surface area (Å²) in [6, 6.07) is 7.69. The normalized spacial score (nSPS) is 13.7. The minimum atomic E-state index is -1.46. The number of aromatic hydroxyl groups is 1. The maximum atomic E-state index is 13.6. The first-order valence-corrected chi connectivity index (χ1v) is 13.9. The fourth-order valence-electron chi connectivity index (χ4n) is 4.73. The van der Waals surface area contributed by atoms with Crippen molar-refractivity contribution < 1.29 is 39.3 Å². The summed E-state index contributed by atoms with van der Waals surface area (Å²) < 4.78 is 0. The van der Waals surface area contributed by atoms with Crippen molar-refractivity contribution in [3.63, 3.8) is 0 Å². The zero-order chi connectivity index (χ0) is 32.5. The van der Waals surface area contributed by atoms with E-state index in [1.165, 1.54) is 36.8 Å². The predicted molar refractivity (Wildman–Crippen MR) is 160 cm³/mol. The standard InChI is InChI=1S/C30H33N7O8/c31-21(12-26(39)40)27(41)35-23(9-16-5-7-19(38)8-6-16)28(42)36-24(11-18-14-32-15-34-18)29(43)37-25(30(44)45)10-17-13-33-22-4-2-1-3-20(17)22/h1-8,13-15,21,23-25,33,38H,9-12,31H2,(H,32,34)(H,35,41)(H,36,42)(H,37,43)(H,39,40)(H,44,45). The number of benzene rings is 2. The Kier molecular flexibility index (Phi) is 10.5. The predicted octanol–water partition coefficient (Wildman–Crippen LogP) is -0.0345. The first-order valence-electron chi connectivity index (χ1n) is 13.9. The number of para-hydroxylation sites is 1. The fraction of sp³-hybridized carbons (Fsp3) is 0.267. The van der Waals surface area contributed by atoms with Crippen LogP contribution in [0.3, 0.4) is 0 Å². The Labute approximate surface area is 256 Å². The number of aromatic amines is 2. The minimum Gasteiger partial charge on any atom is -0.508 e. The van der Waals surface area contributed by atoms with Gasteiger partial charge in [-0.3, -0.25) is 19.2 Å². The molecule has 0 fully saturated rings. The maximum absolute atomic E-state index is 13.6. The highest BCUT2D eigenvalue weighted by molar-refractivity contribution is 5.95. The molecule has 4 rings (SSSR count). The summed E-state index contributed by atoms with van der Waals surface area (Å²) >= 11 is 0. The van der Waals surface area contributed by atoms with E-state index in [0.717, 1.165) is 10.9 Å². The van der Waals surface area contributed by atoms with E-state index in [9.17, 15) is 34.2 Å². The molecule has 4 aromatic rings. The second-order valence-corrected chi connectivity index (χ2v) is 10.4. The van der Waals surface area contributed by atoms with Crippen LogP contribution in [0.25, 0.3) is 10.9 Å². The van der Waals surface area contributed by atoms with Gasteiger partial charge in [-0.1, -0.05) is 30.3 Å². The first kappa shape index (κ1) is 32.2. The van der Waals surface area contributed by atoms with Crippen molar-refractivity contribution in [3.05, 3.63) is 84.1 Å². The number of rotatable bonds is 15. The molecule has 2 aromatic heterocycles. The van der Waals surface area contributed by atoms with Gasteiger partial charge in [0.2, 0.25) is 17.7 Å². The highest BCUT2D eigenvalue weighted by atomic mass is 16.4. The zero-order valence-electron chi connectivity index (χ0n) is 23.9. The number of carbonyl (C=O) groups excluding carboxylic acids is 3. The number of amides is 3. The number of aromatic nitrogens is 3. The molecule has 0 saturated heterocycles. The molecule has 4 unspecified atom stereocenters. The number of carbonyl (C=O) groups is 5. The number of aliphatic carboxylic acids is 2. The van der Waals surface area contributed by atoms with Crippen molar-refractivity contribution in [3.8, 4) is 5.75 Å². The van der Waals surface area contributed by atoms with E-state index >= 15 is 0 Å². The first-order chi connectivity index (χ1) is 21.5. The molecule has 0 bridgehead atoms. The Bertz CT molecular complexity index is 1650. The van der Waals surface area contributed by atoms with Crippen molar-refractivity contribution in [2.24, 2.45) is 5.73 Å². The van der Waals surface area contributed by atoms with Crippen molar-refractivity contribution in [2.75, 3.05) is 0 Å². The second kappa shape index (κ2) is 14.7. The van der Waals surface area contributed by atoms with E-state index in [4.69, 9.17) is 10.8 Å². The highest BCUT2D eigenvalue weighted by Gasteiger charge is 2.31. The van der Waals surface area contributed by atoms with Crippen molar-refractivity contribution in [1.29, 1.82) is 0 Å². The molecule has 15 heteroatoms. The Morgan fingerprint density at radius 2 is 1.44 bits per heavy atom. The smallest absolute Gasteiger partial charge is 0.326 e. The summed E-state index contributed by atoms with van der Waals surface area (Å²) in [5.74, 6) is -5.15. The number of imidazole rings is 1. The van der Waals surface area contributed by atoms with Crippen LogP contribution < -0.4 is 21.7 Å². The monoisotopic (exact) mass is 619 g/mol. The largest absolute Gasteiger partial charge is 0.508 e. The van der Waals surface area contributed by atoms with Gasteiger partial charge in [0.15, 0.2) is 0 Å². The number of nitrogens with two attached hydrogens (primary N) is 1. The number of nitrogens with one attached hydrogen (secondary N) is 5. The Morgan fingerprint density at radius 3 is 2.09 bits per heavy atom. The van der Waals surface area contributed by atoms with Gasteiger partial charge in [-0.05, 0) is 29.3 Å². The van der Waals surface area contributed by atoms with Gasteiger partial charge in [0.25, 0.3) is 0 Å². The minimum absolute atomic E-state index is 0.0239. The van der Waals surface area contributed by atoms with Gasteiger partial charge < -0.3 is 47.0 Å². The molecular formula is C30H33N7O8. The molecule has 45 heavy (non-hydrogen) atoms. The van der Waals surface area contributed by atoms with Gasteiger partial charge in [-0.15, -0.1) is 0 Å².